The molecule has 3 nitrogen and oxygen atoms in total. The molecular weight excluding hydrogens is 221 g/mol. The molecule has 0 bridgehead atoms. The highest BCUT2D eigenvalue weighted by atomic mass is 35.5. The lowest BCUT2D eigenvalue weighted by Crippen LogP contribution is -1.98. The highest BCUT2D eigenvalue weighted by Gasteiger charge is 2.00. The second-order valence-electron chi connectivity index (χ2n) is 2.63. The number of carbonyl (C=O) groups is 1. The van der Waals surface area contributed by atoms with Gasteiger partial charge in [-0.25, -0.2) is 14.2 Å². The Hall–Kier alpha value is -1.42. The predicted molar refractivity (Wildman–Crippen MR) is 54.9 cm³/mol. The minimum absolute atomic E-state index is 0.191. The van der Waals surface area contributed by atoms with E-state index in [4.69, 9.17) is 11.6 Å². The van der Waals surface area contributed by atoms with E-state index in [1.807, 2.05) is 0 Å². The molecule has 0 atom stereocenters. The van der Waals surface area contributed by atoms with Crippen molar-refractivity contribution in [1.82, 2.24) is 4.98 Å². The lowest BCUT2D eigenvalue weighted by Gasteiger charge is -1.96. The van der Waals surface area contributed by atoms with Gasteiger partial charge in [-0.2, -0.15) is 0 Å². The maximum atomic E-state index is 12.9. The van der Waals surface area contributed by atoms with E-state index in [2.05, 4.69) is 9.72 Å². The summed E-state index contributed by atoms with van der Waals surface area (Å²) in [7, 11) is 0. The molecule has 0 saturated carbocycles. The van der Waals surface area contributed by atoms with Crippen molar-refractivity contribution in [3.63, 3.8) is 0 Å². The van der Waals surface area contributed by atoms with Gasteiger partial charge in [-0.05, 0) is 24.6 Å². The van der Waals surface area contributed by atoms with Crippen LogP contribution < -0.4 is 0 Å². The molecule has 1 rings (SSSR count). The molecule has 0 aliphatic rings. The highest BCUT2D eigenvalue weighted by Crippen LogP contribution is 2.12. The number of esters is 1. The second-order valence-corrected chi connectivity index (χ2v) is 2.98. The number of halogens is 2. The average molecular weight is 230 g/mol. The third-order valence-electron chi connectivity index (χ3n) is 1.52. The van der Waals surface area contributed by atoms with Gasteiger partial charge in [0, 0.05) is 12.3 Å². The van der Waals surface area contributed by atoms with E-state index in [-0.39, 0.29) is 5.15 Å². The highest BCUT2D eigenvalue weighted by molar-refractivity contribution is 6.29. The quantitative estimate of drug-likeness (QED) is 0.454. The fraction of sp³-hybridized carbons (Fsp3) is 0.200. The van der Waals surface area contributed by atoms with Gasteiger partial charge >= 0.3 is 5.97 Å². The fourth-order valence-electron chi connectivity index (χ4n) is 0.882. The summed E-state index contributed by atoms with van der Waals surface area (Å²) in [5.74, 6) is -1.10. The van der Waals surface area contributed by atoms with Crippen LogP contribution in [-0.2, 0) is 9.53 Å². The Morgan fingerprint density at radius 2 is 2.47 bits per heavy atom. The van der Waals surface area contributed by atoms with Crippen molar-refractivity contribution in [2.45, 2.75) is 6.92 Å². The molecule has 80 valence electrons. The number of aromatic nitrogens is 1. The van der Waals surface area contributed by atoms with Crippen molar-refractivity contribution in [3.05, 3.63) is 34.9 Å². The summed E-state index contributed by atoms with van der Waals surface area (Å²) in [6, 6.07) is 1.19. The number of carbonyl (C=O) groups excluding carboxylic acids is 1. The number of rotatable bonds is 3. The van der Waals surface area contributed by atoms with Gasteiger partial charge in [-0.3, -0.25) is 0 Å². The van der Waals surface area contributed by atoms with Crippen LogP contribution in [0.1, 0.15) is 12.5 Å². The zero-order valence-corrected chi connectivity index (χ0v) is 8.79. The van der Waals surface area contributed by atoms with E-state index in [0.717, 1.165) is 0 Å². The number of nitrogens with zero attached hydrogens (tertiary/aromatic N) is 1. The van der Waals surface area contributed by atoms with Crippen molar-refractivity contribution >= 4 is 23.6 Å². The number of ether oxygens (including phenoxy) is 1. The zero-order valence-electron chi connectivity index (χ0n) is 8.04. The van der Waals surface area contributed by atoms with Crippen LogP contribution in [0.15, 0.2) is 18.3 Å². The Labute approximate surface area is 91.5 Å². The van der Waals surface area contributed by atoms with Gasteiger partial charge in [0.25, 0.3) is 0 Å². The van der Waals surface area contributed by atoms with Crippen LogP contribution in [0.25, 0.3) is 6.08 Å². The van der Waals surface area contributed by atoms with Crippen LogP contribution in [0.5, 0.6) is 0 Å². The molecule has 0 aliphatic carbocycles. The van der Waals surface area contributed by atoms with E-state index < -0.39 is 11.8 Å². The minimum atomic E-state index is -0.623. The van der Waals surface area contributed by atoms with Crippen molar-refractivity contribution in [1.29, 1.82) is 0 Å². The van der Waals surface area contributed by atoms with Crippen LogP contribution in [-0.4, -0.2) is 17.6 Å². The molecule has 15 heavy (non-hydrogen) atoms. The SMILES string of the molecule is CCOC(=O)C=Cc1cnc(Cl)c(F)c1. The van der Waals surface area contributed by atoms with Gasteiger partial charge in [0.15, 0.2) is 11.0 Å². The molecule has 0 radical (unpaired) electrons. The molecule has 5 heteroatoms. The van der Waals surface area contributed by atoms with E-state index in [1.165, 1.54) is 24.4 Å². The Morgan fingerprint density at radius 3 is 3.07 bits per heavy atom. The van der Waals surface area contributed by atoms with Gasteiger partial charge in [-0.15, -0.1) is 0 Å². The summed E-state index contributed by atoms with van der Waals surface area (Å²) in [6.45, 7) is 2.01. The standard InChI is InChI=1S/C10H9ClFNO2/c1-2-15-9(14)4-3-7-5-8(12)10(11)13-6-7/h3-6H,2H2,1H3. The molecular formula is C10H9ClFNO2. The fourth-order valence-corrected chi connectivity index (χ4v) is 0.985. The van der Waals surface area contributed by atoms with Gasteiger partial charge in [-0.1, -0.05) is 11.6 Å². The van der Waals surface area contributed by atoms with Crippen LogP contribution in [0.2, 0.25) is 5.15 Å². The molecule has 0 fully saturated rings. The summed E-state index contributed by atoms with van der Waals surface area (Å²) in [4.78, 5) is 14.5. The summed E-state index contributed by atoms with van der Waals surface area (Å²) in [6.07, 6.45) is 3.97. The largest absolute Gasteiger partial charge is 0.463 e. The lowest BCUT2D eigenvalue weighted by molar-refractivity contribution is -0.137. The Balaban J connectivity index is 2.72. The van der Waals surface area contributed by atoms with Crippen molar-refractivity contribution in [2.75, 3.05) is 6.61 Å². The van der Waals surface area contributed by atoms with Gasteiger partial charge in [0.1, 0.15) is 0 Å². The lowest BCUT2D eigenvalue weighted by atomic mass is 10.2. The monoisotopic (exact) mass is 229 g/mol. The van der Waals surface area contributed by atoms with Crippen LogP contribution >= 0.6 is 11.6 Å². The maximum absolute atomic E-state index is 12.9. The minimum Gasteiger partial charge on any atom is -0.463 e. The zero-order chi connectivity index (χ0) is 11.3. The molecule has 0 N–H and O–H groups in total. The Kier molecular flexibility index (Phi) is 4.24. The molecule has 0 spiro atoms. The van der Waals surface area contributed by atoms with Crippen LogP contribution in [0.3, 0.4) is 0 Å². The molecule has 0 aromatic carbocycles. The predicted octanol–water partition coefficient (Wildman–Crippen LogP) is 2.45. The number of hydrogen-bond acceptors (Lipinski definition) is 3. The summed E-state index contributed by atoms with van der Waals surface area (Å²) in [5, 5.41) is -0.191. The molecule has 0 aliphatic heterocycles. The Bertz CT molecular complexity index is 393. The summed E-state index contributed by atoms with van der Waals surface area (Å²) in [5.41, 5.74) is 0.449. The molecule has 0 unspecified atom stereocenters. The van der Waals surface area contributed by atoms with Crippen molar-refractivity contribution in [3.8, 4) is 0 Å². The first-order chi connectivity index (χ1) is 7.13. The number of pyridine rings is 1. The molecule has 0 saturated heterocycles. The molecule has 1 aromatic rings. The van der Waals surface area contributed by atoms with Gasteiger partial charge in [0.05, 0.1) is 6.61 Å². The maximum Gasteiger partial charge on any atom is 0.330 e. The van der Waals surface area contributed by atoms with Crippen molar-refractivity contribution < 1.29 is 13.9 Å². The second kappa shape index (κ2) is 5.46. The summed E-state index contributed by atoms with van der Waals surface area (Å²) >= 11 is 5.39. The first-order valence-corrected chi connectivity index (χ1v) is 4.67. The average Bonchev–Trinajstić information content (AvgIpc) is 2.20. The smallest absolute Gasteiger partial charge is 0.330 e. The van der Waals surface area contributed by atoms with E-state index in [1.54, 1.807) is 6.92 Å². The summed E-state index contributed by atoms with van der Waals surface area (Å²) < 4.78 is 17.6. The van der Waals surface area contributed by atoms with Crippen LogP contribution in [0, 0.1) is 5.82 Å². The van der Waals surface area contributed by atoms with Gasteiger partial charge < -0.3 is 4.74 Å². The first-order valence-electron chi connectivity index (χ1n) is 4.29. The van der Waals surface area contributed by atoms with E-state index >= 15 is 0 Å². The van der Waals surface area contributed by atoms with Crippen LogP contribution in [0.4, 0.5) is 4.39 Å². The molecule has 1 heterocycles. The van der Waals surface area contributed by atoms with E-state index in [0.29, 0.717) is 12.2 Å². The number of hydrogen-bond donors (Lipinski definition) is 0. The Morgan fingerprint density at radius 1 is 1.73 bits per heavy atom. The third kappa shape index (κ3) is 3.67. The van der Waals surface area contributed by atoms with Crippen molar-refractivity contribution in [2.24, 2.45) is 0 Å². The first kappa shape index (κ1) is 11.7. The van der Waals surface area contributed by atoms with E-state index in [9.17, 15) is 9.18 Å². The molecule has 1 aromatic heterocycles. The third-order valence-corrected chi connectivity index (χ3v) is 1.79. The topological polar surface area (TPSA) is 39.2 Å². The molecule has 0 amide bonds. The van der Waals surface area contributed by atoms with Gasteiger partial charge in [0.2, 0.25) is 0 Å². The normalized spacial score (nSPS) is 10.6.